The molecule has 4 heteroatoms. The van der Waals surface area contributed by atoms with Crippen LogP contribution in [0.3, 0.4) is 0 Å². The van der Waals surface area contributed by atoms with Gasteiger partial charge >= 0.3 is 0 Å². The highest BCUT2D eigenvalue weighted by Gasteiger charge is 2.23. The molecule has 0 unspecified atom stereocenters. The van der Waals surface area contributed by atoms with Gasteiger partial charge in [-0.25, -0.2) is 0 Å². The van der Waals surface area contributed by atoms with Crippen LogP contribution in [0.4, 0.5) is 0 Å². The minimum absolute atomic E-state index is 0.360. The lowest BCUT2D eigenvalue weighted by Crippen LogP contribution is -2.37. The monoisotopic (exact) mass is 285 g/mol. The van der Waals surface area contributed by atoms with Crippen molar-refractivity contribution in [1.82, 2.24) is 9.88 Å². The molecule has 1 aliphatic rings. The molecule has 1 aliphatic heterocycles. The van der Waals surface area contributed by atoms with Crippen LogP contribution in [0.1, 0.15) is 48.7 Å². The van der Waals surface area contributed by atoms with E-state index in [1.54, 1.807) is 6.07 Å². The van der Waals surface area contributed by atoms with Crippen molar-refractivity contribution in [3.8, 4) is 0 Å². The topological polar surface area (TPSA) is 62.1 Å². The lowest BCUT2D eigenvalue weighted by molar-refractivity contribution is 0.100. The van der Waals surface area contributed by atoms with Crippen molar-refractivity contribution in [2.45, 2.75) is 38.6 Å². The fraction of sp³-hybridized carbons (Fsp3) is 0.471. The Balaban J connectivity index is 1.86. The predicted molar refractivity (Wildman–Crippen MR) is 85.5 cm³/mol. The van der Waals surface area contributed by atoms with Crippen molar-refractivity contribution >= 4 is 16.8 Å². The van der Waals surface area contributed by atoms with Gasteiger partial charge in [-0.15, -0.1) is 0 Å². The number of rotatable bonds is 3. The molecule has 3 N–H and O–H groups in total. The van der Waals surface area contributed by atoms with Crippen LogP contribution < -0.4 is 5.73 Å². The molecule has 0 atom stereocenters. The number of nitrogens with zero attached hydrogens (tertiary/aromatic N) is 1. The molecule has 2 heterocycles. The maximum Gasteiger partial charge on any atom is 0.249 e. The molecular weight excluding hydrogens is 262 g/mol. The quantitative estimate of drug-likeness (QED) is 0.911. The smallest absolute Gasteiger partial charge is 0.249 e. The van der Waals surface area contributed by atoms with Crippen LogP contribution in [0.25, 0.3) is 10.9 Å². The van der Waals surface area contributed by atoms with Crippen molar-refractivity contribution in [2.75, 3.05) is 13.1 Å². The summed E-state index contributed by atoms with van der Waals surface area (Å²) in [6.45, 7) is 6.78. The fourth-order valence-electron chi connectivity index (χ4n) is 3.34. The highest BCUT2D eigenvalue weighted by Crippen LogP contribution is 2.31. The molecule has 0 spiro atoms. The Morgan fingerprint density at radius 1 is 1.33 bits per heavy atom. The van der Waals surface area contributed by atoms with E-state index < -0.39 is 0 Å². The summed E-state index contributed by atoms with van der Waals surface area (Å²) in [5, 5.41) is 0.950. The zero-order valence-electron chi connectivity index (χ0n) is 12.7. The summed E-state index contributed by atoms with van der Waals surface area (Å²) in [4.78, 5) is 17.5. The van der Waals surface area contributed by atoms with Crippen molar-refractivity contribution < 1.29 is 4.79 Å². The van der Waals surface area contributed by atoms with E-state index in [0.29, 0.717) is 17.5 Å². The van der Waals surface area contributed by atoms with E-state index in [2.05, 4.69) is 29.8 Å². The van der Waals surface area contributed by atoms with Gasteiger partial charge in [0.25, 0.3) is 0 Å². The molecule has 1 amide bonds. The molecule has 1 saturated heterocycles. The van der Waals surface area contributed by atoms with Crippen LogP contribution in [0.15, 0.2) is 24.3 Å². The fourth-order valence-corrected chi connectivity index (χ4v) is 3.34. The number of H-pyrrole nitrogens is 1. The van der Waals surface area contributed by atoms with E-state index in [-0.39, 0.29) is 5.91 Å². The zero-order chi connectivity index (χ0) is 15.0. The molecule has 0 aliphatic carbocycles. The number of hydrogen-bond acceptors (Lipinski definition) is 2. The number of benzene rings is 1. The number of fused-ring (bicyclic) bond motifs is 1. The number of aromatic nitrogens is 1. The largest absolute Gasteiger partial charge is 0.366 e. The highest BCUT2D eigenvalue weighted by molar-refractivity contribution is 6.05. The van der Waals surface area contributed by atoms with E-state index in [9.17, 15) is 4.79 Å². The Bertz CT molecular complexity index is 651. The van der Waals surface area contributed by atoms with Crippen LogP contribution >= 0.6 is 0 Å². The molecule has 0 radical (unpaired) electrons. The van der Waals surface area contributed by atoms with Crippen LogP contribution in [0.2, 0.25) is 0 Å². The third-order valence-electron chi connectivity index (χ3n) is 4.65. The molecule has 4 nitrogen and oxygen atoms in total. The average Bonchev–Trinajstić information content (AvgIpc) is 2.90. The Morgan fingerprint density at radius 2 is 2.05 bits per heavy atom. The second-order valence-corrected chi connectivity index (χ2v) is 6.26. The molecule has 0 saturated carbocycles. The van der Waals surface area contributed by atoms with Crippen molar-refractivity contribution in [1.29, 1.82) is 0 Å². The summed E-state index contributed by atoms with van der Waals surface area (Å²) in [5.74, 6) is 0.189. The second kappa shape index (κ2) is 5.53. The van der Waals surface area contributed by atoms with E-state index in [0.717, 1.165) is 36.8 Å². The van der Waals surface area contributed by atoms with E-state index in [4.69, 9.17) is 5.73 Å². The van der Waals surface area contributed by atoms with Gasteiger partial charge in [-0.2, -0.15) is 0 Å². The Labute approximate surface area is 125 Å². The molecule has 3 rings (SSSR count). The van der Waals surface area contributed by atoms with Gasteiger partial charge in [0.1, 0.15) is 0 Å². The number of nitrogens with one attached hydrogen (secondary N) is 1. The predicted octanol–water partition coefficient (Wildman–Crippen LogP) is 2.85. The lowest BCUT2D eigenvalue weighted by atomic mass is 9.93. The van der Waals surface area contributed by atoms with Crippen LogP contribution in [-0.2, 0) is 0 Å². The van der Waals surface area contributed by atoms with Gasteiger partial charge in [0.05, 0.1) is 0 Å². The Hall–Kier alpha value is -1.81. The lowest BCUT2D eigenvalue weighted by Gasteiger charge is -2.34. The summed E-state index contributed by atoms with van der Waals surface area (Å²) >= 11 is 0. The summed E-state index contributed by atoms with van der Waals surface area (Å²) in [7, 11) is 0. The molecule has 2 aromatic rings. The summed E-state index contributed by atoms with van der Waals surface area (Å²) in [6, 6.07) is 8.42. The van der Waals surface area contributed by atoms with Crippen molar-refractivity contribution in [2.24, 2.45) is 5.73 Å². The number of aromatic amines is 1. The Morgan fingerprint density at radius 3 is 2.67 bits per heavy atom. The van der Waals surface area contributed by atoms with Gasteiger partial charge in [-0.1, -0.05) is 6.07 Å². The van der Waals surface area contributed by atoms with Crippen LogP contribution in [-0.4, -0.2) is 34.9 Å². The van der Waals surface area contributed by atoms with E-state index in [1.807, 2.05) is 12.1 Å². The third kappa shape index (κ3) is 2.68. The first kappa shape index (κ1) is 14.1. The van der Waals surface area contributed by atoms with Gasteiger partial charge in [0, 0.05) is 34.1 Å². The molecule has 1 aromatic carbocycles. The second-order valence-electron chi connectivity index (χ2n) is 6.26. The SMILES string of the molecule is CC(C)N1CCC(c2cc3c(C(N)=O)cccc3[nH]2)CC1. The maximum atomic E-state index is 11.5. The average molecular weight is 285 g/mol. The van der Waals surface area contributed by atoms with Crippen LogP contribution in [0, 0.1) is 0 Å². The normalized spacial score (nSPS) is 17.7. The zero-order valence-corrected chi connectivity index (χ0v) is 12.7. The van der Waals surface area contributed by atoms with Crippen molar-refractivity contribution in [3.05, 3.63) is 35.5 Å². The number of primary amides is 1. The molecule has 0 bridgehead atoms. The minimum atomic E-state index is -0.360. The Kier molecular flexibility index (Phi) is 3.72. The van der Waals surface area contributed by atoms with Gasteiger partial charge < -0.3 is 15.6 Å². The van der Waals surface area contributed by atoms with Crippen molar-refractivity contribution in [3.63, 3.8) is 0 Å². The minimum Gasteiger partial charge on any atom is -0.366 e. The number of hydrogen-bond donors (Lipinski definition) is 2. The van der Waals surface area contributed by atoms with Gasteiger partial charge in [-0.3, -0.25) is 4.79 Å². The first-order valence-corrected chi connectivity index (χ1v) is 7.71. The van der Waals surface area contributed by atoms with Gasteiger partial charge in [0.15, 0.2) is 0 Å². The molecule has 1 fully saturated rings. The first-order valence-electron chi connectivity index (χ1n) is 7.71. The molecule has 21 heavy (non-hydrogen) atoms. The summed E-state index contributed by atoms with van der Waals surface area (Å²) in [5.41, 5.74) is 8.31. The number of carbonyl (C=O) groups excluding carboxylic acids is 1. The summed E-state index contributed by atoms with van der Waals surface area (Å²) < 4.78 is 0. The van der Waals surface area contributed by atoms with E-state index in [1.165, 1.54) is 5.69 Å². The number of nitrogens with two attached hydrogens (primary N) is 1. The molecule has 112 valence electrons. The van der Waals surface area contributed by atoms with Gasteiger partial charge in [-0.05, 0) is 58.0 Å². The number of piperidine rings is 1. The summed E-state index contributed by atoms with van der Waals surface area (Å²) in [6.07, 6.45) is 2.33. The maximum absolute atomic E-state index is 11.5. The molecule has 1 aromatic heterocycles. The van der Waals surface area contributed by atoms with Gasteiger partial charge in [0.2, 0.25) is 5.91 Å². The number of carbonyl (C=O) groups is 1. The van der Waals surface area contributed by atoms with E-state index >= 15 is 0 Å². The first-order chi connectivity index (χ1) is 10.1. The molecular formula is C17H23N3O. The van der Waals surface area contributed by atoms with Crippen LogP contribution in [0.5, 0.6) is 0 Å². The third-order valence-corrected chi connectivity index (χ3v) is 4.65. The standard InChI is InChI=1S/C17H23N3O/c1-11(2)20-8-6-12(7-9-20)16-10-14-13(17(18)21)4-3-5-15(14)19-16/h3-5,10-12,19H,6-9H2,1-2H3,(H2,18,21). The number of amides is 1. The number of likely N-dealkylation sites (tertiary alicyclic amines) is 1. The highest BCUT2D eigenvalue weighted by atomic mass is 16.1.